The van der Waals surface area contributed by atoms with E-state index in [4.69, 9.17) is 4.74 Å². The topological polar surface area (TPSA) is 70.2 Å². The van der Waals surface area contributed by atoms with Crippen molar-refractivity contribution in [1.29, 1.82) is 0 Å². The second-order valence-corrected chi connectivity index (χ2v) is 10.2. The van der Waals surface area contributed by atoms with Crippen molar-refractivity contribution in [2.24, 2.45) is 0 Å². The van der Waals surface area contributed by atoms with Crippen molar-refractivity contribution in [1.82, 2.24) is 4.90 Å². The molecule has 0 aromatic heterocycles. The molecule has 0 aliphatic carbocycles. The third-order valence-corrected chi connectivity index (χ3v) is 7.86. The second kappa shape index (κ2) is 10.4. The number of hydrogen-bond donors (Lipinski definition) is 0. The number of piperazine rings is 1. The van der Waals surface area contributed by atoms with Crippen LogP contribution in [0, 0.1) is 12.7 Å². The van der Waals surface area contributed by atoms with Crippen LogP contribution in [0.3, 0.4) is 0 Å². The number of benzene rings is 3. The van der Waals surface area contributed by atoms with Crippen LogP contribution in [0.2, 0.25) is 0 Å². The molecule has 1 amide bonds. The molecule has 3 aromatic carbocycles. The zero-order chi connectivity index (χ0) is 25.0. The highest BCUT2D eigenvalue weighted by Gasteiger charge is 2.30. The maximum absolute atomic E-state index is 13.5. The second-order valence-electron chi connectivity index (χ2n) is 8.37. The van der Waals surface area contributed by atoms with Gasteiger partial charge in [-0.3, -0.25) is 9.10 Å². The third-order valence-electron chi connectivity index (χ3n) is 6.07. The summed E-state index contributed by atoms with van der Waals surface area (Å²) in [4.78, 5) is 17.0. The van der Waals surface area contributed by atoms with E-state index in [9.17, 15) is 17.6 Å². The van der Waals surface area contributed by atoms with Gasteiger partial charge in [0.15, 0.2) is 0 Å². The van der Waals surface area contributed by atoms with Gasteiger partial charge in [-0.25, -0.2) is 12.8 Å². The molecule has 0 N–H and O–H groups in total. The molecule has 4 rings (SSSR count). The van der Waals surface area contributed by atoms with Crippen LogP contribution in [0.4, 0.5) is 15.8 Å². The molecule has 0 bridgehead atoms. The van der Waals surface area contributed by atoms with Gasteiger partial charge in [0, 0.05) is 31.9 Å². The maximum atomic E-state index is 13.5. The number of sulfonamides is 1. The number of hydrogen-bond acceptors (Lipinski definition) is 5. The number of rotatable bonds is 7. The molecular formula is C26H28FN3O4S. The molecule has 1 aliphatic heterocycles. The van der Waals surface area contributed by atoms with E-state index in [1.807, 2.05) is 31.2 Å². The van der Waals surface area contributed by atoms with Crippen LogP contribution < -0.4 is 13.9 Å². The minimum Gasteiger partial charge on any atom is -0.497 e. The van der Waals surface area contributed by atoms with Gasteiger partial charge in [0.1, 0.15) is 18.1 Å². The van der Waals surface area contributed by atoms with Gasteiger partial charge in [0.05, 0.1) is 17.7 Å². The van der Waals surface area contributed by atoms with Gasteiger partial charge in [0.25, 0.3) is 10.0 Å². The lowest BCUT2D eigenvalue weighted by Crippen LogP contribution is -2.52. The standard InChI is InChI=1S/C26H28FN3O4S/c1-20-3-7-23(8-4-20)30(35(32,33)25-13-5-21(27)6-14-25)19-26(31)29-17-15-28(16-18-29)22-9-11-24(34-2)12-10-22/h3-14H,15-19H2,1-2H3. The van der Waals surface area contributed by atoms with Crippen molar-refractivity contribution in [3.8, 4) is 5.75 Å². The molecule has 1 heterocycles. The summed E-state index contributed by atoms with van der Waals surface area (Å²) in [6.45, 7) is 3.77. The van der Waals surface area contributed by atoms with Crippen LogP contribution in [-0.2, 0) is 14.8 Å². The monoisotopic (exact) mass is 497 g/mol. The van der Waals surface area contributed by atoms with E-state index in [0.717, 1.165) is 33.4 Å². The van der Waals surface area contributed by atoms with Crippen molar-refractivity contribution < 1.29 is 22.3 Å². The Kier molecular flexibility index (Phi) is 7.25. The zero-order valence-electron chi connectivity index (χ0n) is 19.7. The van der Waals surface area contributed by atoms with E-state index >= 15 is 0 Å². The van der Waals surface area contributed by atoms with E-state index in [1.54, 1.807) is 36.3 Å². The predicted octanol–water partition coefficient (Wildman–Crippen LogP) is 3.69. The Balaban J connectivity index is 1.50. The van der Waals surface area contributed by atoms with Gasteiger partial charge >= 0.3 is 0 Å². The number of amides is 1. The number of anilines is 2. The average Bonchev–Trinajstić information content (AvgIpc) is 2.88. The fraction of sp³-hybridized carbons (Fsp3) is 0.269. The Labute approximate surface area is 205 Å². The van der Waals surface area contributed by atoms with Crippen LogP contribution in [0.15, 0.2) is 77.7 Å². The van der Waals surface area contributed by atoms with Crippen molar-refractivity contribution in [2.75, 3.05) is 49.0 Å². The number of carbonyl (C=O) groups excluding carboxylic acids is 1. The summed E-state index contributed by atoms with van der Waals surface area (Å²) in [5.74, 6) is -0.0385. The van der Waals surface area contributed by atoms with Crippen LogP contribution in [0.25, 0.3) is 0 Å². The zero-order valence-corrected chi connectivity index (χ0v) is 20.5. The summed E-state index contributed by atoms with van der Waals surface area (Å²) in [7, 11) is -2.46. The lowest BCUT2D eigenvalue weighted by Gasteiger charge is -2.37. The van der Waals surface area contributed by atoms with Gasteiger partial charge in [-0.1, -0.05) is 17.7 Å². The Bertz CT molecular complexity index is 1260. The highest BCUT2D eigenvalue weighted by molar-refractivity contribution is 7.92. The third kappa shape index (κ3) is 5.57. The molecule has 1 aliphatic rings. The predicted molar refractivity (Wildman–Crippen MR) is 134 cm³/mol. The first-order valence-electron chi connectivity index (χ1n) is 11.3. The molecule has 0 unspecified atom stereocenters. The molecular weight excluding hydrogens is 469 g/mol. The Morgan fingerprint density at radius 3 is 2.09 bits per heavy atom. The largest absolute Gasteiger partial charge is 0.497 e. The maximum Gasteiger partial charge on any atom is 0.264 e. The lowest BCUT2D eigenvalue weighted by molar-refractivity contribution is -0.129. The normalized spacial score (nSPS) is 14.0. The first kappa shape index (κ1) is 24.5. The molecule has 0 atom stereocenters. The molecule has 0 saturated carbocycles. The summed E-state index contributed by atoms with van der Waals surface area (Å²) in [6, 6.07) is 19.3. The number of aryl methyl sites for hydroxylation is 1. The fourth-order valence-corrected chi connectivity index (χ4v) is 5.40. The summed E-state index contributed by atoms with van der Waals surface area (Å²) in [5, 5.41) is 0. The van der Waals surface area contributed by atoms with Crippen molar-refractivity contribution in [3.05, 3.63) is 84.2 Å². The summed E-state index contributed by atoms with van der Waals surface area (Å²) < 4.78 is 46.6. The van der Waals surface area contributed by atoms with Gasteiger partial charge < -0.3 is 14.5 Å². The SMILES string of the molecule is COc1ccc(N2CCN(C(=O)CN(c3ccc(C)cc3)S(=O)(=O)c3ccc(F)cc3)CC2)cc1. The van der Waals surface area contributed by atoms with E-state index in [1.165, 1.54) is 12.1 Å². The first-order chi connectivity index (χ1) is 16.8. The van der Waals surface area contributed by atoms with Gasteiger partial charge in [-0.2, -0.15) is 0 Å². The molecule has 7 nitrogen and oxygen atoms in total. The lowest BCUT2D eigenvalue weighted by atomic mass is 10.2. The summed E-state index contributed by atoms with van der Waals surface area (Å²) in [5.41, 5.74) is 2.39. The Morgan fingerprint density at radius 1 is 0.914 bits per heavy atom. The minimum atomic E-state index is -4.08. The van der Waals surface area contributed by atoms with Crippen LogP contribution in [0.1, 0.15) is 5.56 Å². The van der Waals surface area contributed by atoms with Crippen LogP contribution >= 0.6 is 0 Å². The van der Waals surface area contributed by atoms with E-state index in [2.05, 4.69) is 4.90 Å². The molecule has 0 spiro atoms. The van der Waals surface area contributed by atoms with Crippen molar-refractivity contribution in [2.45, 2.75) is 11.8 Å². The summed E-state index contributed by atoms with van der Waals surface area (Å²) in [6.07, 6.45) is 0. The molecule has 35 heavy (non-hydrogen) atoms. The number of nitrogens with zero attached hydrogens (tertiary/aromatic N) is 3. The molecule has 184 valence electrons. The number of halogens is 1. The number of methoxy groups -OCH3 is 1. The Morgan fingerprint density at radius 2 is 1.51 bits per heavy atom. The van der Waals surface area contributed by atoms with Crippen molar-refractivity contribution in [3.63, 3.8) is 0 Å². The van der Waals surface area contributed by atoms with Gasteiger partial charge in [0.2, 0.25) is 5.91 Å². The van der Waals surface area contributed by atoms with Gasteiger partial charge in [-0.15, -0.1) is 0 Å². The molecule has 1 fully saturated rings. The van der Waals surface area contributed by atoms with E-state index < -0.39 is 15.8 Å². The minimum absolute atomic E-state index is 0.0726. The number of ether oxygens (including phenoxy) is 1. The average molecular weight is 498 g/mol. The molecule has 9 heteroatoms. The molecule has 1 saturated heterocycles. The van der Waals surface area contributed by atoms with Crippen LogP contribution in [0.5, 0.6) is 5.75 Å². The first-order valence-corrected chi connectivity index (χ1v) is 12.7. The Hall–Kier alpha value is -3.59. The smallest absolute Gasteiger partial charge is 0.264 e. The highest BCUT2D eigenvalue weighted by Crippen LogP contribution is 2.25. The van der Waals surface area contributed by atoms with Gasteiger partial charge in [-0.05, 0) is 67.6 Å². The molecule has 3 aromatic rings. The fourth-order valence-electron chi connectivity index (χ4n) is 3.99. The molecule has 0 radical (unpaired) electrons. The van der Waals surface area contributed by atoms with Crippen molar-refractivity contribution >= 4 is 27.3 Å². The highest BCUT2D eigenvalue weighted by atomic mass is 32.2. The summed E-state index contributed by atoms with van der Waals surface area (Å²) >= 11 is 0. The van der Waals surface area contributed by atoms with Crippen LogP contribution in [-0.4, -0.2) is 59.1 Å². The van der Waals surface area contributed by atoms with E-state index in [0.29, 0.717) is 31.9 Å². The quantitative estimate of drug-likeness (QED) is 0.498. The van der Waals surface area contributed by atoms with E-state index in [-0.39, 0.29) is 17.3 Å². The number of carbonyl (C=O) groups is 1.